The molecular weight excluding hydrogens is 487 g/mol. The van der Waals surface area contributed by atoms with Crippen LogP contribution in [0.15, 0.2) is 35.5 Å². The first kappa shape index (κ1) is 24.8. The molecule has 1 aromatic carbocycles. The number of pyridine rings is 1. The molecule has 2 atom stereocenters. The Morgan fingerprint density at radius 2 is 1.86 bits per heavy atom. The molecule has 1 aromatic heterocycles. The molecular formula is C22H24F3N5O4S. The second-order valence-electron chi connectivity index (χ2n) is 9.10. The van der Waals surface area contributed by atoms with E-state index in [9.17, 15) is 27.7 Å². The number of amidine groups is 1. The number of thiol groups is 1. The summed E-state index contributed by atoms with van der Waals surface area (Å²) < 4.78 is 58.3. The van der Waals surface area contributed by atoms with Crippen LogP contribution in [0.4, 0.5) is 23.7 Å². The Morgan fingerprint density at radius 1 is 1.14 bits per heavy atom. The number of nitrogens with one attached hydrogen (secondary N) is 3. The van der Waals surface area contributed by atoms with E-state index in [1.165, 1.54) is 12.1 Å². The summed E-state index contributed by atoms with van der Waals surface area (Å²) in [5.74, 6) is -3.89. The largest absolute Gasteiger partial charge is 0.465 e. The summed E-state index contributed by atoms with van der Waals surface area (Å²) in [4.78, 5) is 32.0. The lowest BCUT2D eigenvalue weighted by Gasteiger charge is -2.51. The fraction of sp³-hybridized carbons (Fsp3) is 0.364. The highest BCUT2D eigenvalue weighted by Crippen LogP contribution is 2.49. The topological polar surface area (TPSA) is 133 Å². The van der Waals surface area contributed by atoms with E-state index in [2.05, 4.69) is 25.3 Å². The maximum Gasteiger partial charge on any atom is 0.410 e. The molecule has 0 bridgehead atoms. The third-order valence-electron chi connectivity index (χ3n) is 6.62. The number of amides is 2. The van der Waals surface area contributed by atoms with Crippen molar-refractivity contribution in [3.8, 4) is 0 Å². The zero-order chi connectivity index (χ0) is 25.8. The van der Waals surface area contributed by atoms with Gasteiger partial charge in [-0.2, -0.15) is 0 Å². The van der Waals surface area contributed by atoms with Gasteiger partial charge in [0, 0.05) is 23.9 Å². The van der Waals surface area contributed by atoms with E-state index in [-0.39, 0.29) is 17.1 Å². The molecule has 0 radical (unpaired) electrons. The van der Waals surface area contributed by atoms with Gasteiger partial charge in [0.05, 0.1) is 16.2 Å². The molecule has 9 nitrogen and oxygen atoms in total. The number of hydrogen-bond donors (Lipinski definition) is 5. The average Bonchev–Trinajstić information content (AvgIpc) is 3.18. The SMILES string of the molecule is CC1(C)C(NC(=O)O)=N[C@](C)(c2cc(NC(=O)c3ncc(F)cc3F)ccc2F)[C@@H]2CCN[SH]21=O. The summed E-state index contributed by atoms with van der Waals surface area (Å²) >= 11 is 0. The van der Waals surface area contributed by atoms with Crippen LogP contribution in [-0.4, -0.2) is 48.7 Å². The van der Waals surface area contributed by atoms with Gasteiger partial charge in [-0.05, 0) is 55.5 Å². The number of carbonyl (C=O) groups excluding carboxylic acids is 1. The summed E-state index contributed by atoms with van der Waals surface area (Å²) in [6, 6.07) is 4.09. The van der Waals surface area contributed by atoms with E-state index < -0.39 is 60.8 Å². The van der Waals surface area contributed by atoms with Crippen LogP contribution in [0.5, 0.6) is 0 Å². The summed E-state index contributed by atoms with van der Waals surface area (Å²) in [7, 11) is -3.35. The van der Waals surface area contributed by atoms with Crippen LogP contribution in [0.1, 0.15) is 43.2 Å². The maximum absolute atomic E-state index is 15.2. The van der Waals surface area contributed by atoms with Crippen molar-refractivity contribution in [1.29, 1.82) is 0 Å². The molecule has 0 saturated carbocycles. The predicted octanol–water partition coefficient (Wildman–Crippen LogP) is 2.72. The lowest BCUT2D eigenvalue weighted by molar-refractivity contribution is 0.101. The van der Waals surface area contributed by atoms with E-state index in [0.717, 1.165) is 6.07 Å². The van der Waals surface area contributed by atoms with Gasteiger partial charge in [-0.1, -0.05) is 0 Å². The number of aliphatic imine (C=N–C) groups is 1. The van der Waals surface area contributed by atoms with Gasteiger partial charge in [0.15, 0.2) is 11.5 Å². The molecule has 2 aliphatic heterocycles. The first-order valence-electron chi connectivity index (χ1n) is 10.7. The first-order chi connectivity index (χ1) is 16.3. The quantitative estimate of drug-likeness (QED) is 0.404. The Bertz CT molecular complexity index is 1320. The molecule has 2 aromatic rings. The molecule has 4 rings (SSSR count). The second-order valence-corrected chi connectivity index (χ2v) is 12.5. The number of benzene rings is 1. The number of aromatic nitrogens is 1. The van der Waals surface area contributed by atoms with E-state index in [1.54, 1.807) is 20.8 Å². The number of carboxylic acid groups (broad SMARTS) is 1. The normalized spacial score (nSPS) is 25.2. The van der Waals surface area contributed by atoms with Gasteiger partial charge in [0.25, 0.3) is 5.91 Å². The van der Waals surface area contributed by atoms with Crippen molar-refractivity contribution in [2.24, 2.45) is 4.99 Å². The van der Waals surface area contributed by atoms with Crippen molar-refractivity contribution in [1.82, 2.24) is 15.0 Å². The molecule has 4 N–H and O–H groups in total. The van der Waals surface area contributed by atoms with Gasteiger partial charge in [0.2, 0.25) is 0 Å². The van der Waals surface area contributed by atoms with Gasteiger partial charge in [-0.3, -0.25) is 24.0 Å². The number of rotatable bonds is 3. The van der Waals surface area contributed by atoms with Crippen LogP contribution in [-0.2, 0) is 15.7 Å². The molecule has 1 fully saturated rings. The summed E-state index contributed by atoms with van der Waals surface area (Å²) in [5.41, 5.74) is -2.08. The molecule has 188 valence electrons. The van der Waals surface area contributed by atoms with Crippen molar-refractivity contribution < 1.29 is 32.1 Å². The number of nitrogens with zero attached hydrogens (tertiary/aromatic N) is 2. The van der Waals surface area contributed by atoms with E-state index >= 15 is 4.39 Å². The molecule has 0 aliphatic carbocycles. The van der Waals surface area contributed by atoms with Gasteiger partial charge in [-0.25, -0.2) is 22.9 Å². The zero-order valence-corrected chi connectivity index (χ0v) is 19.9. The summed E-state index contributed by atoms with van der Waals surface area (Å²) in [6.07, 6.45) is -0.324. The Balaban J connectivity index is 1.79. The van der Waals surface area contributed by atoms with Crippen molar-refractivity contribution in [2.75, 3.05) is 11.9 Å². The van der Waals surface area contributed by atoms with E-state index in [0.29, 0.717) is 25.2 Å². The Hall–Kier alpha value is -3.32. The Labute approximate surface area is 199 Å². The monoisotopic (exact) mass is 511 g/mol. The number of hydrogen-bond acceptors (Lipinski definition) is 5. The van der Waals surface area contributed by atoms with Crippen LogP contribution < -0.4 is 15.4 Å². The molecule has 35 heavy (non-hydrogen) atoms. The van der Waals surface area contributed by atoms with Gasteiger partial charge in [0.1, 0.15) is 23.0 Å². The minimum absolute atomic E-state index is 0.0306. The van der Waals surface area contributed by atoms with Crippen LogP contribution in [0.3, 0.4) is 0 Å². The molecule has 2 aliphatic rings. The minimum Gasteiger partial charge on any atom is -0.465 e. The van der Waals surface area contributed by atoms with E-state index in [4.69, 9.17) is 0 Å². The number of fused-ring (bicyclic) bond motifs is 1. The third-order valence-corrected chi connectivity index (χ3v) is 10.8. The summed E-state index contributed by atoms with van der Waals surface area (Å²) in [6.45, 7) is 5.15. The third kappa shape index (κ3) is 3.97. The van der Waals surface area contributed by atoms with Crippen LogP contribution >= 0.6 is 0 Å². The average molecular weight is 512 g/mol. The fourth-order valence-corrected chi connectivity index (χ4v) is 8.44. The summed E-state index contributed by atoms with van der Waals surface area (Å²) in [5, 5.41) is 13.3. The molecule has 1 saturated heterocycles. The Kier molecular flexibility index (Phi) is 5.96. The van der Waals surface area contributed by atoms with Gasteiger partial charge in [-0.15, -0.1) is 0 Å². The Morgan fingerprint density at radius 3 is 2.51 bits per heavy atom. The highest BCUT2D eigenvalue weighted by atomic mass is 32.3. The fourth-order valence-electron chi connectivity index (χ4n) is 4.77. The van der Waals surface area contributed by atoms with Crippen molar-refractivity contribution in [3.05, 3.63) is 59.2 Å². The van der Waals surface area contributed by atoms with Crippen LogP contribution in [0.2, 0.25) is 0 Å². The van der Waals surface area contributed by atoms with Crippen molar-refractivity contribution in [2.45, 2.75) is 42.7 Å². The standard InChI is InChI=1S/C22H24F3N5O4S/c1-21(2)19(29-20(32)33)30-22(3,16-6-7-27-35(16,21)34)13-9-12(4-5-14(13)24)28-18(31)17-15(25)8-11(23)10-26-17/h4-5,8-10,16,35H,6-7H2,1-3H3,(H,27,34)(H,28,31)(H,29,30)(H,32,33)/t16-,22+/m0/s1. The number of carbonyl (C=O) groups is 2. The maximum atomic E-state index is 15.2. The zero-order valence-electron chi connectivity index (χ0n) is 19.0. The molecule has 2 amide bonds. The van der Waals surface area contributed by atoms with Crippen molar-refractivity contribution in [3.63, 3.8) is 0 Å². The minimum atomic E-state index is -3.35. The molecule has 13 heteroatoms. The van der Waals surface area contributed by atoms with Gasteiger partial charge < -0.3 is 10.4 Å². The lowest BCUT2D eigenvalue weighted by Crippen LogP contribution is -2.65. The molecule has 3 heterocycles. The molecule has 0 spiro atoms. The number of halogens is 3. The van der Waals surface area contributed by atoms with Crippen molar-refractivity contribution >= 4 is 33.6 Å². The highest BCUT2D eigenvalue weighted by molar-refractivity contribution is 8.04. The van der Waals surface area contributed by atoms with Crippen LogP contribution in [0, 0.1) is 17.5 Å². The van der Waals surface area contributed by atoms with Crippen LogP contribution in [0.25, 0.3) is 0 Å². The molecule has 0 unspecified atom stereocenters. The van der Waals surface area contributed by atoms with Gasteiger partial charge >= 0.3 is 6.09 Å². The second kappa shape index (κ2) is 8.41. The lowest BCUT2D eigenvalue weighted by atomic mass is 9.85. The first-order valence-corrected chi connectivity index (χ1v) is 12.4. The highest BCUT2D eigenvalue weighted by Gasteiger charge is 2.59. The smallest absolute Gasteiger partial charge is 0.410 e. The predicted molar refractivity (Wildman–Crippen MR) is 124 cm³/mol. The number of anilines is 1. The van der Waals surface area contributed by atoms with E-state index in [1.807, 2.05) is 0 Å².